The van der Waals surface area contributed by atoms with Gasteiger partial charge in [0.25, 0.3) is 5.56 Å². The molecule has 1 N–H and O–H groups in total. The summed E-state index contributed by atoms with van der Waals surface area (Å²) < 4.78 is 14.7. The van der Waals surface area contributed by atoms with Crippen LogP contribution in [0.25, 0.3) is 22.0 Å². The fourth-order valence-corrected chi connectivity index (χ4v) is 5.88. The molecule has 11 heteroatoms. The second kappa shape index (κ2) is 11.1. The van der Waals surface area contributed by atoms with E-state index in [0.717, 1.165) is 31.9 Å². The van der Waals surface area contributed by atoms with E-state index in [1.807, 2.05) is 12.1 Å². The second-order valence-corrected chi connectivity index (χ2v) is 11.0. The first-order valence-corrected chi connectivity index (χ1v) is 13.8. The first kappa shape index (κ1) is 27.3. The molecule has 0 unspecified atom stereocenters. The molecule has 40 heavy (non-hydrogen) atoms. The third kappa shape index (κ3) is 5.28. The summed E-state index contributed by atoms with van der Waals surface area (Å²) in [5.41, 5.74) is 2.21. The Labute approximate surface area is 234 Å². The predicted octanol–water partition coefficient (Wildman–Crippen LogP) is 4.52. The molecule has 0 spiro atoms. The van der Waals surface area contributed by atoms with Crippen molar-refractivity contribution >= 4 is 44.6 Å². The number of aliphatic carboxylic acids is 1. The zero-order valence-corrected chi connectivity index (χ0v) is 23.3. The van der Waals surface area contributed by atoms with Gasteiger partial charge < -0.3 is 19.5 Å². The third-order valence-corrected chi connectivity index (χ3v) is 8.28. The number of nitrogens with zero attached hydrogens (tertiary/aromatic N) is 6. The Bertz CT molecular complexity index is 1670. The third-order valence-electron chi connectivity index (χ3n) is 7.25. The van der Waals surface area contributed by atoms with Crippen molar-refractivity contribution in [1.82, 2.24) is 14.5 Å². The number of nitriles is 1. The van der Waals surface area contributed by atoms with Gasteiger partial charge in [-0.2, -0.15) is 5.26 Å². The summed E-state index contributed by atoms with van der Waals surface area (Å²) in [6.45, 7) is 7.46. The number of rotatable bonds is 7. The van der Waals surface area contributed by atoms with Crippen LogP contribution in [0, 0.1) is 17.1 Å². The average Bonchev–Trinajstić information content (AvgIpc) is 3.39. The van der Waals surface area contributed by atoms with Crippen molar-refractivity contribution in [3.05, 3.63) is 69.7 Å². The fraction of sp³-hybridized carbons (Fsp3) is 0.310. The number of thiazole rings is 1. The molecule has 1 aliphatic rings. The maximum atomic E-state index is 13.5. The molecule has 0 radical (unpaired) electrons. The van der Waals surface area contributed by atoms with E-state index < -0.39 is 18.1 Å². The highest BCUT2D eigenvalue weighted by atomic mass is 32.1. The van der Waals surface area contributed by atoms with Crippen molar-refractivity contribution in [2.24, 2.45) is 0 Å². The summed E-state index contributed by atoms with van der Waals surface area (Å²) in [5, 5.41) is 20.8. The van der Waals surface area contributed by atoms with Crippen LogP contribution < -0.4 is 15.4 Å². The smallest absolute Gasteiger partial charge is 0.323 e. The van der Waals surface area contributed by atoms with Gasteiger partial charge in [0.15, 0.2) is 5.13 Å². The van der Waals surface area contributed by atoms with Crippen LogP contribution in [0.4, 0.5) is 20.9 Å². The number of pyridine rings is 1. The number of carbonyl (C=O) groups is 1. The highest BCUT2D eigenvalue weighted by Gasteiger charge is 2.23. The van der Waals surface area contributed by atoms with Crippen molar-refractivity contribution in [1.29, 1.82) is 5.26 Å². The summed E-state index contributed by atoms with van der Waals surface area (Å²) in [6.07, 6.45) is 1.53. The molecule has 9 nitrogen and oxygen atoms in total. The van der Waals surface area contributed by atoms with Crippen LogP contribution in [0.3, 0.4) is 0 Å². The van der Waals surface area contributed by atoms with Gasteiger partial charge in [-0.1, -0.05) is 11.3 Å². The summed E-state index contributed by atoms with van der Waals surface area (Å²) in [4.78, 5) is 36.4. The van der Waals surface area contributed by atoms with Crippen LogP contribution in [0.2, 0.25) is 0 Å². The Morgan fingerprint density at radius 2 is 1.85 bits per heavy atom. The molecule has 0 aliphatic carbocycles. The minimum Gasteiger partial charge on any atom is -0.480 e. The number of hydrogen-bond donors (Lipinski definition) is 1. The van der Waals surface area contributed by atoms with Crippen molar-refractivity contribution in [3.63, 3.8) is 0 Å². The van der Waals surface area contributed by atoms with Crippen LogP contribution in [0.1, 0.15) is 18.7 Å². The lowest BCUT2D eigenvalue weighted by molar-refractivity contribution is -0.137. The maximum Gasteiger partial charge on any atom is 0.323 e. The minimum atomic E-state index is -1.13. The first-order valence-electron chi connectivity index (χ1n) is 12.9. The van der Waals surface area contributed by atoms with Crippen LogP contribution in [0.15, 0.2) is 53.5 Å². The number of aromatic nitrogens is 2. The summed E-state index contributed by atoms with van der Waals surface area (Å²) >= 11 is 1.17. The largest absolute Gasteiger partial charge is 0.480 e. The van der Waals surface area contributed by atoms with E-state index in [2.05, 4.69) is 29.7 Å². The molecule has 0 amide bonds. The monoisotopic (exact) mass is 560 g/mol. The number of piperazine rings is 1. The predicted molar refractivity (Wildman–Crippen MR) is 155 cm³/mol. The van der Waals surface area contributed by atoms with E-state index in [4.69, 9.17) is 4.98 Å². The lowest BCUT2D eigenvalue weighted by atomic mass is 10.1. The highest BCUT2D eigenvalue weighted by molar-refractivity contribution is 7.16. The zero-order chi connectivity index (χ0) is 28.6. The topological polar surface area (TPSA) is 106 Å². The van der Waals surface area contributed by atoms with E-state index >= 15 is 0 Å². The molecular weight excluding hydrogens is 531 g/mol. The number of fused-ring (bicyclic) bond motifs is 1. The maximum absolute atomic E-state index is 13.5. The van der Waals surface area contributed by atoms with Gasteiger partial charge in [-0.25, -0.2) is 9.37 Å². The Morgan fingerprint density at radius 1 is 1.15 bits per heavy atom. The number of carboxylic acid groups (broad SMARTS) is 1. The van der Waals surface area contributed by atoms with Gasteiger partial charge in [-0.15, -0.1) is 0 Å². The van der Waals surface area contributed by atoms with Gasteiger partial charge in [0, 0.05) is 67.5 Å². The van der Waals surface area contributed by atoms with Crippen molar-refractivity contribution in [3.8, 4) is 17.3 Å². The van der Waals surface area contributed by atoms with Crippen LogP contribution in [0.5, 0.6) is 0 Å². The molecule has 0 bridgehead atoms. The molecule has 5 rings (SSSR count). The highest BCUT2D eigenvalue weighted by Crippen LogP contribution is 2.38. The molecule has 1 fully saturated rings. The van der Waals surface area contributed by atoms with E-state index in [1.54, 1.807) is 30.1 Å². The molecule has 2 aromatic heterocycles. The zero-order valence-electron chi connectivity index (χ0n) is 22.5. The van der Waals surface area contributed by atoms with Gasteiger partial charge in [0.05, 0.1) is 5.69 Å². The van der Waals surface area contributed by atoms with E-state index in [9.17, 15) is 24.3 Å². The lowest BCUT2D eigenvalue weighted by Crippen LogP contribution is -2.48. The van der Waals surface area contributed by atoms with Crippen molar-refractivity contribution < 1.29 is 14.3 Å². The first-order chi connectivity index (χ1) is 19.2. The summed E-state index contributed by atoms with van der Waals surface area (Å²) in [7, 11) is 1.77. The Kier molecular flexibility index (Phi) is 7.56. The Balaban J connectivity index is 1.60. The normalized spacial score (nSPS) is 14.1. The molecule has 4 aromatic rings. The van der Waals surface area contributed by atoms with Gasteiger partial charge in [-0.3, -0.25) is 14.5 Å². The Hall–Kier alpha value is -4.27. The SMILES string of the molecule is CC(C)N1CCN(c2ccc3c(=O)n(CC(=O)O)cc(N(C)c4nc(-c5ccc(F)cc5)c(C#N)s4)c3c2)CC1. The average molecular weight is 561 g/mol. The molecule has 2 aromatic carbocycles. The van der Waals surface area contributed by atoms with Gasteiger partial charge in [-0.05, 0) is 56.3 Å². The van der Waals surface area contributed by atoms with Crippen molar-refractivity contribution in [2.75, 3.05) is 43.0 Å². The van der Waals surface area contributed by atoms with Crippen molar-refractivity contribution in [2.45, 2.75) is 26.4 Å². The van der Waals surface area contributed by atoms with E-state index in [-0.39, 0.29) is 5.82 Å². The van der Waals surface area contributed by atoms with Crippen LogP contribution >= 0.6 is 11.3 Å². The van der Waals surface area contributed by atoms with Gasteiger partial charge in [0.2, 0.25) is 0 Å². The second-order valence-electron chi connectivity index (χ2n) is 10.0. The molecular formula is C29H29FN6O3S. The molecule has 0 atom stereocenters. The number of carboxylic acids is 1. The van der Waals surface area contributed by atoms with Gasteiger partial charge in [0.1, 0.15) is 29.0 Å². The number of halogens is 1. The Morgan fingerprint density at radius 3 is 2.48 bits per heavy atom. The summed E-state index contributed by atoms with van der Waals surface area (Å²) in [5.74, 6) is -1.52. The number of anilines is 3. The van der Waals surface area contributed by atoms with Crippen LogP contribution in [-0.4, -0.2) is 64.8 Å². The molecule has 1 saturated heterocycles. The minimum absolute atomic E-state index is 0.361. The van der Waals surface area contributed by atoms with Gasteiger partial charge >= 0.3 is 5.97 Å². The van der Waals surface area contributed by atoms with E-state index in [1.165, 1.54) is 34.2 Å². The molecule has 0 saturated carbocycles. The molecule has 206 valence electrons. The number of hydrogen-bond acceptors (Lipinski definition) is 8. The molecule has 3 heterocycles. The van der Waals surface area contributed by atoms with Crippen LogP contribution in [-0.2, 0) is 11.3 Å². The summed E-state index contributed by atoms with van der Waals surface area (Å²) in [6, 6.07) is 14.1. The molecule has 1 aliphatic heterocycles. The van der Waals surface area contributed by atoms with E-state index in [0.29, 0.717) is 43.8 Å². The fourth-order valence-electron chi connectivity index (χ4n) is 5.02. The standard InChI is InChI=1S/C29H29FN6O3S/c1-18(2)34-10-12-35(13-11-34)21-8-9-22-23(14-21)24(16-36(28(22)39)17-26(37)38)33(3)29-32-27(25(15-31)40-29)19-4-6-20(30)7-5-19/h4-9,14,16,18H,10-13,17H2,1-3H3,(H,37,38). The lowest BCUT2D eigenvalue weighted by Gasteiger charge is -2.38. The number of benzene rings is 2. The quantitative estimate of drug-likeness (QED) is 0.352.